The second-order valence-corrected chi connectivity index (χ2v) is 5.96. The van der Waals surface area contributed by atoms with Crippen LogP contribution in [0.5, 0.6) is 0 Å². The predicted octanol–water partition coefficient (Wildman–Crippen LogP) is 2.73. The number of carbonyl (C=O) groups excluding carboxylic acids is 1. The van der Waals surface area contributed by atoms with E-state index in [2.05, 4.69) is 49.1 Å². The van der Waals surface area contributed by atoms with Gasteiger partial charge in [-0.25, -0.2) is 0 Å². The number of hydrogen-bond donors (Lipinski definition) is 0. The van der Waals surface area contributed by atoms with E-state index in [1.807, 2.05) is 4.90 Å². The summed E-state index contributed by atoms with van der Waals surface area (Å²) in [5.41, 5.74) is 1.53. The van der Waals surface area contributed by atoms with Crippen LogP contribution >= 0.6 is 0 Å². The Bertz CT molecular complexity index is 393. The molecule has 1 aromatic rings. The Morgan fingerprint density at radius 2 is 1.65 bits per heavy atom. The Hall–Kier alpha value is -1.35. The molecule has 1 aromatic carbocycles. The Morgan fingerprint density at radius 1 is 1.05 bits per heavy atom. The fourth-order valence-electron chi connectivity index (χ4n) is 2.50. The monoisotopic (exact) mass is 274 g/mol. The summed E-state index contributed by atoms with van der Waals surface area (Å²) in [7, 11) is 0. The molecule has 0 radical (unpaired) electrons. The number of hydrogen-bond acceptors (Lipinski definition) is 2. The van der Waals surface area contributed by atoms with Gasteiger partial charge >= 0.3 is 0 Å². The average molecular weight is 274 g/mol. The summed E-state index contributed by atoms with van der Waals surface area (Å²) in [6, 6.07) is 11.4. The maximum atomic E-state index is 10.3. The zero-order valence-corrected chi connectivity index (χ0v) is 12.7. The molecule has 0 spiro atoms. The third-order valence-corrected chi connectivity index (χ3v) is 4.08. The van der Waals surface area contributed by atoms with Gasteiger partial charge in [-0.1, -0.05) is 30.3 Å². The highest BCUT2D eigenvalue weighted by Crippen LogP contribution is 2.39. The normalized spacial score (nSPS) is 19.4. The summed E-state index contributed by atoms with van der Waals surface area (Å²) >= 11 is 0. The Kier molecular flexibility index (Phi) is 5.60. The van der Waals surface area contributed by atoms with Gasteiger partial charge in [-0.2, -0.15) is 0 Å². The molecule has 1 heterocycles. The number of rotatable bonds is 3. The van der Waals surface area contributed by atoms with E-state index in [9.17, 15) is 4.79 Å². The molecule has 3 nitrogen and oxygen atoms in total. The van der Waals surface area contributed by atoms with Crippen molar-refractivity contribution < 1.29 is 4.79 Å². The van der Waals surface area contributed by atoms with E-state index in [1.165, 1.54) is 18.4 Å². The van der Waals surface area contributed by atoms with Gasteiger partial charge in [0.15, 0.2) is 0 Å². The van der Waals surface area contributed by atoms with Gasteiger partial charge in [0.05, 0.1) is 0 Å². The molecule has 0 atom stereocenters. The van der Waals surface area contributed by atoms with Crippen molar-refractivity contribution in [2.45, 2.75) is 38.6 Å². The molecule has 1 saturated carbocycles. The summed E-state index contributed by atoms with van der Waals surface area (Å²) in [4.78, 5) is 14.6. The molecule has 1 aliphatic heterocycles. The van der Waals surface area contributed by atoms with Gasteiger partial charge in [-0.15, -0.1) is 0 Å². The molecule has 0 unspecified atom stereocenters. The van der Waals surface area contributed by atoms with E-state index in [-0.39, 0.29) is 0 Å². The number of nitrogens with zero attached hydrogens (tertiary/aromatic N) is 2. The van der Waals surface area contributed by atoms with E-state index < -0.39 is 0 Å². The van der Waals surface area contributed by atoms with E-state index in [0.29, 0.717) is 6.04 Å². The van der Waals surface area contributed by atoms with Gasteiger partial charge in [0.25, 0.3) is 0 Å². The summed E-state index contributed by atoms with van der Waals surface area (Å²) in [6.07, 6.45) is 3.76. The minimum atomic E-state index is 0.615. The predicted molar refractivity (Wildman–Crippen MR) is 82.8 cm³/mol. The summed E-state index contributed by atoms with van der Waals surface area (Å²) < 4.78 is 0. The molecule has 0 aromatic heterocycles. The van der Waals surface area contributed by atoms with Crippen LogP contribution in [0.3, 0.4) is 0 Å². The molecule has 0 bridgehead atoms. The van der Waals surface area contributed by atoms with Crippen molar-refractivity contribution in [3.63, 3.8) is 0 Å². The van der Waals surface area contributed by atoms with Crippen LogP contribution in [0.25, 0.3) is 0 Å². The van der Waals surface area contributed by atoms with Crippen LogP contribution in [0.15, 0.2) is 30.3 Å². The molecule has 0 N–H and O–H groups in total. The van der Waals surface area contributed by atoms with Crippen molar-refractivity contribution in [3.8, 4) is 0 Å². The standard InChI is InChI=1S/C9H10.C8H16N2O/c1-2-4-8(5-3-1)9-6-7-9;1-8(2)10-5-3-9(7-11)4-6-10/h1-5,9H,6-7H2;7-8H,3-6H2,1-2H3. The van der Waals surface area contributed by atoms with E-state index in [0.717, 1.165) is 38.5 Å². The molecule has 20 heavy (non-hydrogen) atoms. The van der Waals surface area contributed by atoms with Gasteiger partial charge in [0.1, 0.15) is 0 Å². The lowest BCUT2D eigenvalue weighted by Crippen LogP contribution is -2.48. The number of benzene rings is 1. The first-order chi connectivity index (χ1) is 9.70. The van der Waals surface area contributed by atoms with E-state index in [1.54, 1.807) is 0 Å². The van der Waals surface area contributed by atoms with Gasteiger partial charge in [-0.3, -0.25) is 9.69 Å². The van der Waals surface area contributed by atoms with Gasteiger partial charge in [0, 0.05) is 32.2 Å². The minimum absolute atomic E-state index is 0.615. The largest absolute Gasteiger partial charge is 0.343 e. The van der Waals surface area contributed by atoms with Gasteiger partial charge in [0.2, 0.25) is 6.41 Å². The molecular formula is C17H26N2O. The lowest BCUT2D eigenvalue weighted by molar-refractivity contribution is -0.119. The first kappa shape index (κ1) is 15.0. The lowest BCUT2D eigenvalue weighted by Gasteiger charge is -2.34. The van der Waals surface area contributed by atoms with Crippen LogP contribution in [0.1, 0.15) is 38.2 Å². The quantitative estimate of drug-likeness (QED) is 0.791. The van der Waals surface area contributed by atoms with Crippen molar-refractivity contribution in [3.05, 3.63) is 35.9 Å². The molecule has 2 aliphatic rings. The molecule has 1 amide bonds. The van der Waals surface area contributed by atoms with Crippen molar-refractivity contribution in [2.24, 2.45) is 0 Å². The van der Waals surface area contributed by atoms with E-state index in [4.69, 9.17) is 0 Å². The number of carbonyl (C=O) groups is 1. The second-order valence-electron chi connectivity index (χ2n) is 5.96. The van der Waals surface area contributed by atoms with Crippen molar-refractivity contribution >= 4 is 6.41 Å². The second kappa shape index (κ2) is 7.44. The van der Waals surface area contributed by atoms with Crippen LogP contribution in [0.2, 0.25) is 0 Å². The van der Waals surface area contributed by atoms with Crippen molar-refractivity contribution in [1.29, 1.82) is 0 Å². The number of piperazine rings is 1. The maximum absolute atomic E-state index is 10.3. The SMILES string of the molecule is CC(C)N1CCN(C=O)CC1.c1ccc(C2CC2)cc1. The third-order valence-electron chi connectivity index (χ3n) is 4.08. The fourth-order valence-corrected chi connectivity index (χ4v) is 2.50. The maximum Gasteiger partial charge on any atom is 0.209 e. The van der Waals surface area contributed by atoms with Crippen LogP contribution in [-0.4, -0.2) is 48.4 Å². The highest BCUT2D eigenvalue weighted by molar-refractivity contribution is 5.47. The first-order valence-electron chi connectivity index (χ1n) is 7.69. The molecular weight excluding hydrogens is 248 g/mol. The molecule has 3 heteroatoms. The molecule has 1 aliphatic carbocycles. The zero-order valence-electron chi connectivity index (χ0n) is 12.7. The first-order valence-corrected chi connectivity index (χ1v) is 7.69. The highest BCUT2D eigenvalue weighted by atomic mass is 16.1. The molecule has 2 fully saturated rings. The fraction of sp³-hybridized carbons (Fsp3) is 0.588. The third kappa shape index (κ3) is 4.64. The average Bonchev–Trinajstić information content (AvgIpc) is 3.33. The summed E-state index contributed by atoms with van der Waals surface area (Å²) in [5.74, 6) is 0.909. The summed E-state index contributed by atoms with van der Waals surface area (Å²) in [5, 5.41) is 0. The molecule has 110 valence electrons. The molecule has 3 rings (SSSR count). The van der Waals surface area contributed by atoms with Crippen LogP contribution < -0.4 is 0 Å². The van der Waals surface area contributed by atoms with Crippen molar-refractivity contribution in [2.75, 3.05) is 26.2 Å². The van der Waals surface area contributed by atoms with Crippen LogP contribution in [0, 0.1) is 0 Å². The highest BCUT2D eigenvalue weighted by Gasteiger charge is 2.22. The smallest absolute Gasteiger partial charge is 0.209 e. The topological polar surface area (TPSA) is 23.6 Å². The Balaban J connectivity index is 0.000000149. The van der Waals surface area contributed by atoms with Gasteiger partial charge in [-0.05, 0) is 38.2 Å². The minimum Gasteiger partial charge on any atom is -0.343 e. The van der Waals surface area contributed by atoms with Crippen molar-refractivity contribution in [1.82, 2.24) is 9.80 Å². The molecule has 1 saturated heterocycles. The Labute approximate surface area is 122 Å². The van der Waals surface area contributed by atoms with Crippen LogP contribution in [-0.2, 0) is 4.79 Å². The summed E-state index contributed by atoms with van der Waals surface area (Å²) in [6.45, 7) is 8.21. The lowest BCUT2D eigenvalue weighted by atomic mass is 10.1. The Morgan fingerprint density at radius 3 is 2.10 bits per heavy atom. The van der Waals surface area contributed by atoms with E-state index >= 15 is 0 Å². The van der Waals surface area contributed by atoms with Gasteiger partial charge < -0.3 is 4.90 Å². The zero-order chi connectivity index (χ0) is 14.4. The van der Waals surface area contributed by atoms with Crippen LogP contribution in [0.4, 0.5) is 0 Å². The number of amides is 1.